The van der Waals surface area contributed by atoms with Crippen LogP contribution in [0.3, 0.4) is 0 Å². The van der Waals surface area contributed by atoms with Crippen molar-refractivity contribution in [2.75, 3.05) is 99.5 Å². The molecule has 2 amide bonds. The van der Waals surface area contributed by atoms with Crippen molar-refractivity contribution in [1.82, 2.24) is 20.6 Å². The van der Waals surface area contributed by atoms with Crippen molar-refractivity contribution >= 4 is 144 Å². The molecule has 0 unspecified atom stereocenters. The average Bonchev–Trinajstić information content (AvgIpc) is 0.913. The number of nitrogens with zero attached hydrogens (tertiary/aromatic N) is 8. The molecule has 33 heteroatoms. The topological polar surface area (TPSA) is 424 Å². The van der Waals surface area contributed by atoms with E-state index in [4.69, 9.17) is 41.5 Å². The van der Waals surface area contributed by atoms with Crippen molar-refractivity contribution in [1.29, 1.82) is 0 Å². The van der Waals surface area contributed by atoms with Crippen LogP contribution in [0, 0.1) is 20.2 Å². The third-order valence-corrected chi connectivity index (χ3v) is 28.3. The summed E-state index contributed by atoms with van der Waals surface area (Å²) in [6.07, 6.45) is 19.1. The Hall–Kier alpha value is -14.4. The summed E-state index contributed by atoms with van der Waals surface area (Å²) in [4.78, 5) is 129. The van der Waals surface area contributed by atoms with Crippen molar-refractivity contribution in [3.05, 3.63) is 292 Å². The number of hydrogen-bond acceptors (Lipinski definition) is 28. The Balaban J connectivity index is 0.000000346. The molecule has 0 saturated carbocycles. The quantitative estimate of drug-likeness (QED) is 0.00367. The molecular weight excluding hydrogens is 1810 g/mol. The maximum absolute atomic E-state index is 13.8. The number of nitro groups is 2. The number of aryl methyl sites for hydroxylation is 2. The van der Waals surface area contributed by atoms with E-state index in [0.29, 0.717) is 95.7 Å². The Kier molecular flexibility index (Phi) is 44.3. The molecule has 0 aliphatic carbocycles. The normalized spacial score (nSPS) is 11.7. The highest BCUT2D eigenvalue weighted by Crippen LogP contribution is 2.38. The van der Waals surface area contributed by atoms with E-state index in [1.807, 2.05) is 92.7 Å². The molecular formula is C107H128N10O22Si. The standard InChI is InChI=1S/C60H67N5O11Si.C44H49N5O11.3CH4/c1-6-64(7-2)48-34-30-46-41-51(59(69)75-54(46)42-48)53(66)24-18-37-72-39-40-73-58(68)45(36-38-74-77(60(3,4)5,49-20-13-10-14-21-49)50-22-15-11-16-23-50)29-26-43-27-32-47(33-28-43)61-55(67)25-17-9-8-12-19-44-31-35-52(65(70)71)57-56(44)62-76-63-57;1-3-48(4-2)35-21-17-33-28-36(44(54)59-39(33)29-35)38(51)11-9-25-57-26-27-58-43(53)32(23-24-50)16-13-30-14-19-34(20-15-30)45-40(52)12-8-6-5-7-10-31-18-22-37(49(55)56)42-41(31)46-60-47-42;;;/h10-11,13-16,20-23,26-36,41-42H,6-9,12,17-19,24-25,37-40H2,1-5H3,(H,61,67);13-23,28-29,50H,3-12,24-27H2,1-2H3,(H,45,52);3*1H4/b29-26+,45-36+;16-13+,32-23+;;;. The Morgan fingerprint density at radius 1 is 0.457 bits per heavy atom. The van der Waals surface area contributed by atoms with Gasteiger partial charge in [0.25, 0.3) is 8.32 Å². The number of aromatic nitrogens is 4. The molecule has 12 rings (SSSR count). The molecule has 0 spiro atoms. The van der Waals surface area contributed by atoms with Crippen LogP contribution in [0.1, 0.15) is 204 Å². The summed E-state index contributed by atoms with van der Waals surface area (Å²) in [6.45, 7) is 18.3. The van der Waals surface area contributed by atoms with Gasteiger partial charge in [-0.25, -0.2) is 28.4 Å². The van der Waals surface area contributed by atoms with Crippen LogP contribution < -0.4 is 42.1 Å². The Bertz CT molecular complexity index is 6340. The fourth-order valence-corrected chi connectivity index (χ4v) is 20.5. The zero-order chi connectivity index (χ0) is 97.6. The number of hydrogen-bond donors (Lipinski definition) is 3. The van der Waals surface area contributed by atoms with E-state index in [2.05, 4.69) is 99.9 Å². The van der Waals surface area contributed by atoms with Crippen molar-refractivity contribution < 1.29 is 85.2 Å². The number of unbranched alkanes of at least 4 members (excludes halogenated alkanes) is 6. The number of nitrogens with one attached hydrogen (secondary N) is 2. The van der Waals surface area contributed by atoms with Crippen LogP contribution in [-0.2, 0) is 55.4 Å². The molecule has 4 aromatic heterocycles. The van der Waals surface area contributed by atoms with Gasteiger partial charge < -0.3 is 57.7 Å². The Morgan fingerprint density at radius 2 is 0.850 bits per heavy atom. The molecule has 0 aliphatic heterocycles. The number of ketones is 2. The number of non-ortho nitro benzene ring substituents is 2. The summed E-state index contributed by atoms with van der Waals surface area (Å²) in [6, 6.07) is 55.4. The van der Waals surface area contributed by atoms with E-state index < -0.39 is 41.4 Å². The molecule has 8 aromatic carbocycles. The number of carbonyl (C=O) groups excluding carboxylic acids is 6. The minimum absolute atomic E-state index is 0. The molecule has 742 valence electrons. The van der Waals surface area contributed by atoms with Gasteiger partial charge in [0.15, 0.2) is 11.6 Å². The monoisotopic (exact) mass is 1930 g/mol. The van der Waals surface area contributed by atoms with Gasteiger partial charge in [0.05, 0.1) is 47.4 Å². The van der Waals surface area contributed by atoms with Gasteiger partial charge in [0.1, 0.15) is 46.5 Å². The van der Waals surface area contributed by atoms with Gasteiger partial charge in [-0.15, -0.1) is 0 Å². The molecule has 0 saturated heterocycles. The first-order valence-corrected chi connectivity index (χ1v) is 48.2. The SMILES string of the molecule is C.C.C.CCN(CC)c1ccc2cc(C(=O)CCCOCCOC(=O)C(/C=C/c3ccc(NC(=O)CCCCCCc4ccc([N+](=O)[O-])c5nonc45)cc3)=C/CO)c(=O)oc2c1.CCN(CC)c1ccc2cc(C(=O)CCCOCCOC(=O)C(/C=C/c3ccc(NC(=O)CCCCCCc4ccc([N+](=O)[O-])c5nonc45)cc3)=C/CO[Si](c3ccccc3)(c3ccccc3)C(C)(C)C)c(=O)oc2c1. The molecule has 32 nitrogen and oxygen atoms in total. The smallest absolute Gasteiger partial charge is 0.347 e. The Morgan fingerprint density at radius 3 is 1.24 bits per heavy atom. The molecule has 0 atom stereocenters. The van der Waals surface area contributed by atoms with Gasteiger partial charge in [0, 0.05) is 123 Å². The molecule has 0 fully saturated rings. The minimum atomic E-state index is -2.94. The van der Waals surface area contributed by atoms with Crippen LogP contribution in [0.15, 0.2) is 245 Å². The second-order valence-corrected chi connectivity index (χ2v) is 37.8. The molecule has 0 aliphatic rings. The fourth-order valence-electron chi connectivity index (χ4n) is 16.0. The molecule has 0 radical (unpaired) electrons. The number of nitro benzene ring substituents is 2. The number of aliphatic hydroxyl groups is 1. The van der Waals surface area contributed by atoms with Gasteiger partial charge in [-0.1, -0.05) is 166 Å². The lowest BCUT2D eigenvalue weighted by molar-refractivity contribution is -0.383. The summed E-state index contributed by atoms with van der Waals surface area (Å²) in [5.41, 5.74) is 7.07. The second-order valence-electron chi connectivity index (χ2n) is 33.5. The van der Waals surface area contributed by atoms with Crippen molar-refractivity contribution in [3.63, 3.8) is 0 Å². The maximum Gasteiger partial charge on any atom is 0.347 e. The van der Waals surface area contributed by atoms with Crippen LogP contribution in [0.25, 0.3) is 56.2 Å². The highest BCUT2D eigenvalue weighted by atomic mass is 28.4. The number of aliphatic hydroxyl groups excluding tert-OH is 1. The summed E-state index contributed by atoms with van der Waals surface area (Å²) in [5, 5.41) is 56.1. The largest absolute Gasteiger partial charge is 0.460 e. The number of carbonyl (C=O) groups is 6. The number of Topliss-reactive ketones (excluding diaryl/α,β-unsaturated/α-hetero) is 2. The van der Waals surface area contributed by atoms with E-state index in [9.17, 15) is 63.7 Å². The van der Waals surface area contributed by atoms with Gasteiger partial charge in [0.2, 0.25) is 22.8 Å². The first kappa shape index (κ1) is 111. The molecule has 12 aromatic rings. The van der Waals surface area contributed by atoms with E-state index in [0.717, 1.165) is 109 Å². The van der Waals surface area contributed by atoms with Crippen LogP contribution in [0.2, 0.25) is 5.04 Å². The van der Waals surface area contributed by atoms with Crippen LogP contribution >= 0.6 is 0 Å². The highest BCUT2D eigenvalue weighted by Gasteiger charge is 2.50. The van der Waals surface area contributed by atoms with Gasteiger partial charge in [-0.2, -0.15) is 0 Å². The molecule has 4 heterocycles. The lowest BCUT2D eigenvalue weighted by Gasteiger charge is -2.42. The minimum Gasteiger partial charge on any atom is -0.460 e. The second kappa shape index (κ2) is 55.9. The summed E-state index contributed by atoms with van der Waals surface area (Å²) >= 11 is 0. The van der Waals surface area contributed by atoms with Crippen molar-refractivity contribution in [2.24, 2.45) is 0 Å². The summed E-state index contributed by atoms with van der Waals surface area (Å²) in [5.74, 6) is -2.11. The molecule has 3 N–H and O–H groups in total. The van der Waals surface area contributed by atoms with Crippen molar-refractivity contribution in [3.8, 4) is 0 Å². The van der Waals surface area contributed by atoms with E-state index in [-0.39, 0.29) is 161 Å². The first-order valence-electron chi connectivity index (χ1n) is 46.2. The van der Waals surface area contributed by atoms with E-state index in [1.54, 1.807) is 91.0 Å². The van der Waals surface area contributed by atoms with Gasteiger partial charge in [-0.05, 0) is 234 Å². The van der Waals surface area contributed by atoms with Gasteiger partial charge >= 0.3 is 34.6 Å². The number of esters is 2. The lowest BCUT2D eigenvalue weighted by Crippen LogP contribution is -2.66. The maximum atomic E-state index is 13.8. The molecule has 140 heavy (non-hydrogen) atoms. The Labute approximate surface area is 815 Å². The third-order valence-electron chi connectivity index (χ3n) is 23.3. The number of fused-ring (bicyclic) bond motifs is 4. The average molecular weight is 1930 g/mol. The molecule has 0 bridgehead atoms. The highest BCUT2D eigenvalue weighted by molar-refractivity contribution is 6.99. The summed E-state index contributed by atoms with van der Waals surface area (Å²) in [7, 11) is -2.94. The van der Waals surface area contributed by atoms with Gasteiger partial charge in [-0.3, -0.25) is 39.4 Å². The van der Waals surface area contributed by atoms with E-state index in [1.165, 1.54) is 24.3 Å². The predicted octanol–water partition coefficient (Wildman–Crippen LogP) is 20.2. The van der Waals surface area contributed by atoms with Crippen LogP contribution in [-0.4, -0.2) is 158 Å². The summed E-state index contributed by atoms with van der Waals surface area (Å²) < 4.78 is 49.9. The number of ether oxygens (including phenoxy) is 4. The van der Waals surface area contributed by atoms with Crippen molar-refractivity contribution in [2.45, 2.75) is 179 Å². The van der Waals surface area contributed by atoms with Crippen LogP contribution in [0.5, 0.6) is 0 Å². The number of anilines is 4. The number of amides is 2. The predicted molar refractivity (Wildman–Crippen MR) is 548 cm³/mol. The fraction of sp³-hybridized carbons (Fsp3) is 0.364. The third kappa shape index (κ3) is 31.1. The zero-order valence-corrected chi connectivity index (χ0v) is 79.2. The van der Waals surface area contributed by atoms with Crippen LogP contribution in [0.4, 0.5) is 34.1 Å². The number of rotatable bonds is 52. The number of benzene rings is 8. The zero-order valence-electron chi connectivity index (χ0n) is 78.2. The lowest BCUT2D eigenvalue weighted by atomic mass is 10.0. The van der Waals surface area contributed by atoms with E-state index >= 15 is 0 Å². The first-order chi connectivity index (χ1) is 66.3.